The molecule has 0 bridgehead atoms. The molecule has 0 spiro atoms. The summed E-state index contributed by atoms with van der Waals surface area (Å²) in [7, 11) is 0. The maximum Gasteiger partial charge on any atom is 0.337 e. The normalized spacial score (nSPS) is 15.2. The maximum atomic E-state index is 11.9. The van der Waals surface area contributed by atoms with E-state index in [1.165, 1.54) is 6.07 Å². The van der Waals surface area contributed by atoms with Crippen molar-refractivity contribution in [1.82, 2.24) is 10.2 Å². The van der Waals surface area contributed by atoms with Crippen LogP contribution in [0.2, 0.25) is 0 Å². The molecule has 0 saturated heterocycles. The van der Waals surface area contributed by atoms with Gasteiger partial charge in [0.2, 0.25) is 5.13 Å². The Balaban J connectivity index is 2.16. The van der Waals surface area contributed by atoms with Crippen LogP contribution in [0, 0.1) is 3.95 Å². The Labute approximate surface area is 121 Å². The number of aromatic carboxylic acids is 1. The van der Waals surface area contributed by atoms with Crippen molar-refractivity contribution in [2.75, 3.05) is 5.32 Å². The van der Waals surface area contributed by atoms with Gasteiger partial charge in [-0.15, -0.1) is 5.10 Å². The fourth-order valence-corrected chi connectivity index (χ4v) is 2.59. The van der Waals surface area contributed by atoms with E-state index in [-0.39, 0.29) is 17.0 Å². The van der Waals surface area contributed by atoms with E-state index in [4.69, 9.17) is 17.3 Å². The molecule has 0 unspecified atom stereocenters. The maximum absolute atomic E-state index is 11.9. The topological polar surface area (TPSA) is 107 Å². The number of hydrogen-bond acceptors (Lipinski definition) is 6. The van der Waals surface area contributed by atoms with Gasteiger partial charge in [-0.05, 0) is 18.3 Å². The van der Waals surface area contributed by atoms with Gasteiger partial charge >= 0.3 is 5.97 Å². The van der Waals surface area contributed by atoms with Gasteiger partial charge in [0.25, 0.3) is 5.91 Å². The van der Waals surface area contributed by atoms with Crippen molar-refractivity contribution in [2.45, 2.75) is 0 Å². The lowest BCUT2D eigenvalue weighted by Crippen LogP contribution is -2.14. The number of carbonyl (C=O) groups excluding carboxylic acids is 1. The third-order valence-corrected chi connectivity index (χ3v) is 3.62. The molecule has 1 aromatic carbocycles. The molecule has 3 rings (SSSR count). The number of benzene rings is 1. The highest BCUT2D eigenvalue weighted by Crippen LogP contribution is 2.29. The second-order valence-electron chi connectivity index (χ2n) is 3.84. The molecule has 0 saturated carbocycles. The molecule has 2 aromatic rings. The highest BCUT2D eigenvalue weighted by molar-refractivity contribution is 7.73. The van der Waals surface area contributed by atoms with Crippen LogP contribution in [0.15, 0.2) is 23.2 Å². The molecule has 0 radical (unpaired) electrons. The number of carbonyl (C=O) groups is 2. The van der Waals surface area contributed by atoms with Crippen LogP contribution in [0.5, 0.6) is 0 Å². The zero-order valence-corrected chi connectivity index (χ0v) is 11.3. The Morgan fingerprint density at radius 2 is 2.25 bits per heavy atom. The Kier molecular flexibility index (Phi) is 2.92. The molecule has 2 heterocycles. The van der Waals surface area contributed by atoms with Crippen LogP contribution >= 0.6 is 23.6 Å². The molecule has 0 aliphatic carbocycles. The smallest absolute Gasteiger partial charge is 0.337 e. The molecule has 9 heteroatoms. The minimum absolute atomic E-state index is 0.0238. The Bertz CT molecular complexity index is 821. The standard InChI is InChI=1S/C11H6N4O3S2/c16-8-7(13-10-14-15-11(19)20-10)4-2-1-3-5(9(17)18)6(4)12-8/h1-3H,(H,15,19)(H,17,18)(H,12,13,14,16). The van der Waals surface area contributed by atoms with Crippen molar-refractivity contribution in [3.8, 4) is 0 Å². The van der Waals surface area contributed by atoms with Crippen LogP contribution in [0.3, 0.4) is 0 Å². The predicted octanol–water partition coefficient (Wildman–Crippen LogP) is 1.97. The number of aromatic amines is 1. The monoisotopic (exact) mass is 306 g/mol. The Morgan fingerprint density at radius 1 is 1.45 bits per heavy atom. The first-order valence-corrected chi connectivity index (χ1v) is 6.61. The van der Waals surface area contributed by atoms with Crippen LogP contribution in [0.25, 0.3) is 0 Å². The van der Waals surface area contributed by atoms with Crippen molar-refractivity contribution in [2.24, 2.45) is 4.99 Å². The fourth-order valence-electron chi connectivity index (χ4n) is 1.83. The van der Waals surface area contributed by atoms with E-state index in [0.717, 1.165) is 11.3 Å². The minimum atomic E-state index is -1.11. The van der Waals surface area contributed by atoms with Gasteiger partial charge in [-0.3, -0.25) is 9.89 Å². The lowest BCUT2D eigenvalue weighted by molar-refractivity contribution is -0.110. The van der Waals surface area contributed by atoms with Gasteiger partial charge in [-0.1, -0.05) is 23.5 Å². The second-order valence-corrected chi connectivity index (χ2v) is 5.49. The lowest BCUT2D eigenvalue weighted by Gasteiger charge is -2.01. The zero-order chi connectivity index (χ0) is 14.3. The Hall–Kier alpha value is -2.39. The predicted molar refractivity (Wildman–Crippen MR) is 75.5 cm³/mol. The van der Waals surface area contributed by atoms with E-state index in [9.17, 15) is 9.59 Å². The van der Waals surface area contributed by atoms with Crippen LogP contribution in [-0.4, -0.2) is 32.9 Å². The van der Waals surface area contributed by atoms with E-state index < -0.39 is 11.9 Å². The van der Waals surface area contributed by atoms with E-state index in [1.54, 1.807) is 12.1 Å². The molecule has 7 nitrogen and oxygen atoms in total. The molecular weight excluding hydrogens is 300 g/mol. The van der Waals surface area contributed by atoms with Crippen LogP contribution in [-0.2, 0) is 4.79 Å². The molecule has 100 valence electrons. The van der Waals surface area contributed by atoms with Gasteiger partial charge in [0, 0.05) is 5.56 Å². The minimum Gasteiger partial charge on any atom is -0.478 e. The summed E-state index contributed by atoms with van der Waals surface area (Å²) in [5.74, 6) is -1.58. The number of amides is 1. The lowest BCUT2D eigenvalue weighted by atomic mass is 10.1. The van der Waals surface area contributed by atoms with E-state index >= 15 is 0 Å². The molecular formula is C11H6N4O3S2. The molecule has 0 atom stereocenters. The summed E-state index contributed by atoms with van der Waals surface area (Å²) < 4.78 is 0.447. The fraction of sp³-hybridized carbons (Fsp3) is 0. The van der Waals surface area contributed by atoms with Crippen molar-refractivity contribution in [1.29, 1.82) is 0 Å². The van der Waals surface area contributed by atoms with E-state index in [1.807, 2.05) is 0 Å². The number of anilines is 1. The van der Waals surface area contributed by atoms with Crippen LogP contribution in [0.4, 0.5) is 10.8 Å². The quantitative estimate of drug-likeness (QED) is 0.735. The summed E-state index contributed by atoms with van der Waals surface area (Å²) in [6.07, 6.45) is 0. The molecule has 1 amide bonds. The first-order valence-electron chi connectivity index (χ1n) is 5.38. The number of aliphatic imine (C=N–C) groups is 1. The first kappa shape index (κ1) is 12.6. The number of hydrogen-bond donors (Lipinski definition) is 3. The number of fused-ring (bicyclic) bond motifs is 1. The summed E-state index contributed by atoms with van der Waals surface area (Å²) in [5.41, 5.74) is 0.843. The SMILES string of the molecule is O=C1Nc2c(C(=O)O)cccc2/C1=N/c1n[nH]c(=S)s1. The summed E-state index contributed by atoms with van der Waals surface area (Å²) in [6.45, 7) is 0. The van der Waals surface area contributed by atoms with Crippen LogP contribution in [0.1, 0.15) is 15.9 Å². The summed E-state index contributed by atoms with van der Waals surface area (Å²) in [5, 5.41) is 18.3. The summed E-state index contributed by atoms with van der Waals surface area (Å²) in [4.78, 5) is 27.2. The van der Waals surface area contributed by atoms with E-state index in [2.05, 4.69) is 20.5 Å². The molecule has 1 aliphatic rings. The van der Waals surface area contributed by atoms with Crippen molar-refractivity contribution in [3.63, 3.8) is 0 Å². The van der Waals surface area contributed by atoms with Crippen molar-refractivity contribution < 1.29 is 14.7 Å². The largest absolute Gasteiger partial charge is 0.478 e. The first-order chi connectivity index (χ1) is 9.56. The average molecular weight is 306 g/mol. The highest BCUT2D eigenvalue weighted by atomic mass is 32.1. The number of carboxylic acids is 1. The van der Waals surface area contributed by atoms with Gasteiger partial charge in [-0.25, -0.2) is 9.79 Å². The number of para-hydroxylation sites is 1. The molecule has 0 fully saturated rings. The van der Waals surface area contributed by atoms with Gasteiger partial charge in [0.05, 0.1) is 11.3 Å². The Morgan fingerprint density at radius 3 is 2.90 bits per heavy atom. The van der Waals surface area contributed by atoms with Crippen molar-refractivity contribution in [3.05, 3.63) is 33.3 Å². The van der Waals surface area contributed by atoms with Gasteiger partial charge < -0.3 is 10.4 Å². The molecule has 1 aliphatic heterocycles. The zero-order valence-electron chi connectivity index (χ0n) is 9.71. The summed E-state index contributed by atoms with van der Waals surface area (Å²) in [6, 6.07) is 4.61. The van der Waals surface area contributed by atoms with Crippen molar-refractivity contribution >= 4 is 52.0 Å². The number of aromatic nitrogens is 2. The molecule has 3 N–H and O–H groups in total. The number of H-pyrrole nitrogens is 1. The van der Waals surface area contributed by atoms with Gasteiger partial charge in [0.15, 0.2) is 3.95 Å². The number of nitrogens with zero attached hydrogens (tertiary/aromatic N) is 2. The third-order valence-electron chi connectivity index (χ3n) is 2.64. The number of nitrogens with one attached hydrogen (secondary N) is 2. The highest BCUT2D eigenvalue weighted by Gasteiger charge is 2.30. The van der Waals surface area contributed by atoms with Gasteiger partial charge in [-0.2, -0.15) is 0 Å². The van der Waals surface area contributed by atoms with Gasteiger partial charge in [0.1, 0.15) is 5.71 Å². The molecule has 20 heavy (non-hydrogen) atoms. The second kappa shape index (κ2) is 4.62. The number of carboxylic acid groups (broad SMARTS) is 1. The van der Waals surface area contributed by atoms with E-state index in [0.29, 0.717) is 14.6 Å². The average Bonchev–Trinajstić information content (AvgIpc) is 2.94. The van der Waals surface area contributed by atoms with Crippen LogP contribution < -0.4 is 5.32 Å². The molecule has 1 aromatic heterocycles. The third kappa shape index (κ3) is 2.02. The summed E-state index contributed by atoms with van der Waals surface area (Å²) >= 11 is 6.02. The number of rotatable bonds is 2.